The van der Waals surface area contributed by atoms with Gasteiger partial charge in [-0.2, -0.15) is 26.3 Å². The van der Waals surface area contributed by atoms with E-state index >= 15 is 0 Å². The predicted octanol–water partition coefficient (Wildman–Crippen LogP) is 6.40. The molecule has 0 amide bonds. The molecule has 11 heteroatoms. The number of carbonyl (C=O) groups is 1. The summed E-state index contributed by atoms with van der Waals surface area (Å²) in [5.41, 5.74) is -2.48. The lowest BCUT2D eigenvalue weighted by Crippen LogP contribution is -2.13. The van der Waals surface area contributed by atoms with Crippen molar-refractivity contribution in [3.8, 4) is 23.1 Å². The van der Waals surface area contributed by atoms with Crippen LogP contribution in [0.3, 0.4) is 0 Å². The largest absolute Gasteiger partial charge is 0.416 e. The van der Waals surface area contributed by atoms with Gasteiger partial charge in [0.25, 0.3) is 0 Å². The van der Waals surface area contributed by atoms with Crippen molar-refractivity contribution in [2.75, 3.05) is 0 Å². The molecule has 188 valence electrons. The van der Waals surface area contributed by atoms with E-state index in [0.717, 1.165) is 16.8 Å². The Balaban J connectivity index is 1.77. The van der Waals surface area contributed by atoms with Crippen molar-refractivity contribution in [1.82, 2.24) is 15.0 Å². The van der Waals surface area contributed by atoms with Gasteiger partial charge in [-0.1, -0.05) is 35.5 Å². The zero-order valence-corrected chi connectivity index (χ0v) is 18.5. The van der Waals surface area contributed by atoms with Crippen LogP contribution in [0.1, 0.15) is 32.7 Å². The third-order valence-corrected chi connectivity index (χ3v) is 5.16. The van der Waals surface area contributed by atoms with Crippen LogP contribution in [0, 0.1) is 17.7 Å². The topological polar surface area (TPSA) is 47.8 Å². The minimum absolute atomic E-state index is 0.0234. The number of halogens is 7. The molecule has 0 aliphatic heterocycles. The van der Waals surface area contributed by atoms with Gasteiger partial charge in [0.1, 0.15) is 11.5 Å². The zero-order chi connectivity index (χ0) is 26.8. The summed E-state index contributed by atoms with van der Waals surface area (Å²) in [5, 5.41) is 7.77. The Morgan fingerprint density at radius 3 is 2.00 bits per heavy atom. The molecule has 0 spiro atoms. The van der Waals surface area contributed by atoms with Crippen molar-refractivity contribution >= 4 is 5.78 Å². The number of nitrogens with zero attached hydrogens (tertiary/aromatic N) is 3. The molecule has 1 aromatic heterocycles. The SMILES string of the molecule is O=C(C#Cc1nnn(Cc2cc(C(F)(F)F)cc(C(F)(F)F)c2)c1-c1ccccc1)c1ccc(F)cc1. The van der Waals surface area contributed by atoms with E-state index in [2.05, 4.69) is 22.2 Å². The maximum atomic E-state index is 13.3. The fourth-order valence-electron chi connectivity index (χ4n) is 3.46. The van der Waals surface area contributed by atoms with Crippen molar-refractivity contribution in [1.29, 1.82) is 0 Å². The van der Waals surface area contributed by atoms with Gasteiger partial charge in [-0.15, -0.1) is 5.10 Å². The number of Topliss-reactive ketones (excluding diaryl/α,β-unsaturated/α-hetero) is 1. The maximum Gasteiger partial charge on any atom is 0.416 e. The number of ketones is 1. The number of benzene rings is 3. The van der Waals surface area contributed by atoms with Crippen LogP contribution in [0.4, 0.5) is 30.7 Å². The zero-order valence-electron chi connectivity index (χ0n) is 18.5. The molecule has 0 saturated carbocycles. The number of rotatable bonds is 4. The molecule has 37 heavy (non-hydrogen) atoms. The normalized spacial score (nSPS) is 11.6. The van der Waals surface area contributed by atoms with Gasteiger partial charge in [-0.25, -0.2) is 9.07 Å². The Hall–Kier alpha value is -4.46. The Morgan fingerprint density at radius 1 is 0.838 bits per heavy atom. The van der Waals surface area contributed by atoms with Gasteiger partial charge in [-0.3, -0.25) is 4.79 Å². The van der Waals surface area contributed by atoms with Crippen LogP contribution in [0.15, 0.2) is 72.8 Å². The number of alkyl halides is 6. The lowest BCUT2D eigenvalue weighted by molar-refractivity contribution is -0.143. The molecule has 4 aromatic rings. The van der Waals surface area contributed by atoms with Gasteiger partial charge in [0, 0.05) is 11.1 Å². The molecule has 0 N–H and O–H groups in total. The summed E-state index contributed by atoms with van der Waals surface area (Å²) in [5.74, 6) is 3.72. The first-order valence-electron chi connectivity index (χ1n) is 10.5. The van der Waals surface area contributed by atoms with Gasteiger partial charge in [0.15, 0.2) is 5.69 Å². The van der Waals surface area contributed by atoms with Crippen LogP contribution >= 0.6 is 0 Å². The molecule has 4 nitrogen and oxygen atoms in total. The van der Waals surface area contributed by atoms with Crippen LogP contribution in [-0.4, -0.2) is 20.8 Å². The minimum atomic E-state index is -5.00. The standard InChI is InChI=1S/C26H14F7N3O/c27-21-8-6-17(7-9-21)23(37)11-10-22-24(18-4-2-1-3-5-18)36(35-34-22)15-16-12-19(25(28,29)30)14-20(13-16)26(31,32)33/h1-9,12-14H,15H2. The third kappa shape index (κ3) is 6.03. The fraction of sp³-hybridized carbons (Fsp3) is 0.115. The quantitative estimate of drug-likeness (QED) is 0.179. The summed E-state index contributed by atoms with van der Waals surface area (Å²) in [6.45, 7) is -0.488. The molecule has 0 radical (unpaired) electrons. The van der Waals surface area contributed by atoms with Gasteiger partial charge >= 0.3 is 12.4 Å². The summed E-state index contributed by atoms with van der Waals surface area (Å²) in [7, 11) is 0. The third-order valence-electron chi connectivity index (χ3n) is 5.16. The molecule has 0 bridgehead atoms. The number of aromatic nitrogens is 3. The van der Waals surface area contributed by atoms with E-state index in [9.17, 15) is 35.5 Å². The summed E-state index contributed by atoms with van der Waals surface area (Å²) < 4.78 is 93.9. The van der Waals surface area contributed by atoms with E-state index in [1.165, 1.54) is 12.1 Å². The Kier molecular flexibility index (Phi) is 6.85. The Morgan fingerprint density at radius 2 is 1.43 bits per heavy atom. The first-order valence-corrected chi connectivity index (χ1v) is 10.5. The Bertz CT molecular complexity index is 1460. The highest BCUT2D eigenvalue weighted by Crippen LogP contribution is 2.36. The minimum Gasteiger partial charge on any atom is -0.279 e. The highest BCUT2D eigenvalue weighted by molar-refractivity contribution is 6.09. The lowest BCUT2D eigenvalue weighted by atomic mass is 10.0. The van der Waals surface area contributed by atoms with Crippen molar-refractivity contribution in [3.05, 3.63) is 107 Å². The van der Waals surface area contributed by atoms with Gasteiger partial charge in [-0.05, 0) is 59.9 Å². The maximum absolute atomic E-state index is 13.3. The van der Waals surface area contributed by atoms with E-state index < -0.39 is 41.6 Å². The average Bonchev–Trinajstić information content (AvgIpc) is 3.24. The molecule has 0 unspecified atom stereocenters. The average molecular weight is 517 g/mol. The van der Waals surface area contributed by atoms with Gasteiger partial charge in [0.05, 0.1) is 17.7 Å². The summed E-state index contributed by atoms with van der Waals surface area (Å²) >= 11 is 0. The molecule has 0 atom stereocenters. The van der Waals surface area contributed by atoms with E-state index in [1.807, 2.05) is 0 Å². The molecule has 1 heterocycles. The van der Waals surface area contributed by atoms with Crippen LogP contribution in [0.25, 0.3) is 11.3 Å². The second-order valence-electron chi connectivity index (χ2n) is 7.81. The fourth-order valence-corrected chi connectivity index (χ4v) is 3.46. The second kappa shape index (κ2) is 9.89. The summed E-state index contributed by atoms with van der Waals surface area (Å²) in [6, 6.07) is 14.2. The first kappa shape index (κ1) is 25.6. The van der Waals surface area contributed by atoms with Crippen LogP contribution in [0.5, 0.6) is 0 Å². The van der Waals surface area contributed by atoms with Crippen molar-refractivity contribution in [2.45, 2.75) is 18.9 Å². The van der Waals surface area contributed by atoms with E-state index in [-0.39, 0.29) is 28.6 Å². The summed E-state index contributed by atoms with van der Waals surface area (Å²) in [6.07, 6.45) is -10.0. The monoisotopic (exact) mass is 517 g/mol. The summed E-state index contributed by atoms with van der Waals surface area (Å²) in [4.78, 5) is 12.4. The molecule has 4 rings (SSSR count). The van der Waals surface area contributed by atoms with E-state index in [1.54, 1.807) is 30.3 Å². The highest BCUT2D eigenvalue weighted by atomic mass is 19.4. The lowest BCUT2D eigenvalue weighted by Gasteiger charge is -2.15. The number of carbonyl (C=O) groups excluding carboxylic acids is 1. The van der Waals surface area contributed by atoms with Crippen LogP contribution in [-0.2, 0) is 18.9 Å². The molecule has 0 aliphatic rings. The molecule has 0 aliphatic carbocycles. The van der Waals surface area contributed by atoms with Crippen molar-refractivity contribution < 1.29 is 35.5 Å². The highest BCUT2D eigenvalue weighted by Gasteiger charge is 2.37. The van der Waals surface area contributed by atoms with Crippen molar-refractivity contribution in [2.24, 2.45) is 0 Å². The Labute approximate surface area is 205 Å². The molecule has 0 fully saturated rings. The molecular weight excluding hydrogens is 503 g/mol. The number of hydrogen-bond donors (Lipinski definition) is 0. The van der Waals surface area contributed by atoms with Crippen LogP contribution < -0.4 is 0 Å². The molecule has 0 saturated heterocycles. The van der Waals surface area contributed by atoms with Gasteiger partial charge < -0.3 is 0 Å². The smallest absolute Gasteiger partial charge is 0.279 e. The first-order chi connectivity index (χ1) is 17.4. The number of hydrogen-bond acceptors (Lipinski definition) is 3. The van der Waals surface area contributed by atoms with Crippen LogP contribution in [0.2, 0.25) is 0 Å². The van der Waals surface area contributed by atoms with E-state index in [0.29, 0.717) is 17.7 Å². The van der Waals surface area contributed by atoms with Crippen molar-refractivity contribution in [3.63, 3.8) is 0 Å². The predicted molar refractivity (Wildman–Crippen MR) is 119 cm³/mol. The molecule has 3 aromatic carbocycles. The molecular formula is C26H14F7N3O. The van der Waals surface area contributed by atoms with E-state index in [4.69, 9.17) is 0 Å². The second-order valence-corrected chi connectivity index (χ2v) is 7.81. The van der Waals surface area contributed by atoms with Gasteiger partial charge in [0.2, 0.25) is 5.78 Å².